The molecule has 1 unspecified atom stereocenters. The van der Waals surface area contributed by atoms with Crippen molar-refractivity contribution in [1.29, 1.82) is 0 Å². The number of carbonyl (C=O) groups is 1. The van der Waals surface area contributed by atoms with E-state index in [1.807, 2.05) is 20.8 Å². The number of rotatable bonds is 3. The summed E-state index contributed by atoms with van der Waals surface area (Å²) in [5.74, 6) is -0.281. The quantitative estimate of drug-likeness (QED) is 0.844. The lowest BCUT2D eigenvalue weighted by atomic mass is 9.77. The number of amides is 1. The molecule has 2 aliphatic rings. The van der Waals surface area contributed by atoms with Gasteiger partial charge in [0.15, 0.2) is 0 Å². The molecule has 1 aliphatic carbocycles. The Labute approximate surface area is 160 Å². The van der Waals surface area contributed by atoms with Gasteiger partial charge in [-0.3, -0.25) is 4.90 Å². The summed E-state index contributed by atoms with van der Waals surface area (Å²) >= 11 is 0. The lowest BCUT2D eigenvalue weighted by Crippen LogP contribution is -2.44. The molecule has 3 rings (SSSR count). The molecule has 1 saturated carbocycles. The molecular formula is C21H31FN2O3. The van der Waals surface area contributed by atoms with Crippen LogP contribution >= 0.6 is 0 Å². The van der Waals surface area contributed by atoms with E-state index >= 15 is 0 Å². The molecule has 6 heteroatoms. The summed E-state index contributed by atoms with van der Waals surface area (Å²) in [5, 5.41) is 13.9. The average Bonchev–Trinajstić information content (AvgIpc) is 3.02. The highest BCUT2D eigenvalue weighted by Crippen LogP contribution is 2.39. The summed E-state index contributed by atoms with van der Waals surface area (Å²) < 4.78 is 18.5. The van der Waals surface area contributed by atoms with Gasteiger partial charge in [-0.15, -0.1) is 0 Å². The first-order valence-corrected chi connectivity index (χ1v) is 9.87. The average molecular weight is 378 g/mol. The minimum atomic E-state index is -0.863. The van der Waals surface area contributed by atoms with Crippen LogP contribution in [0.5, 0.6) is 0 Å². The Morgan fingerprint density at radius 3 is 2.44 bits per heavy atom. The van der Waals surface area contributed by atoms with Gasteiger partial charge >= 0.3 is 6.09 Å². The van der Waals surface area contributed by atoms with E-state index in [0.29, 0.717) is 18.9 Å². The Kier molecular flexibility index (Phi) is 5.77. The summed E-state index contributed by atoms with van der Waals surface area (Å²) in [6.45, 7) is 7.34. The van der Waals surface area contributed by atoms with Crippen LogP contribution < -0.4 is 5.32 Å². The number of likely N-dealkylation sites (tertiary alicyclic amines) is 1. The van der Waals surface area contributed by atoms with Crippen LogP contribution in [0.15, 0.2) is 24.3 Å². The number of alkyl carbamates (subject to hydrolysis) is 1. The lowest BCUT2D eigenvalue weighted by Gasteiger charge is -2.40. The monoisotopic (exact) mass is 378 g/mol. The summed E-state index contributed by atoms with van der Waals surface area (Å²) in [5.41, 5.74) is -0.553. The van der Waals surface area contributed by atoms with Gasteiger partial charge in [-0.25, -0.2) is 9.18 Å². The molecule has 2 fully saturated rings. The predicted octanol–water partition coefficient (Wildman–Crippen LogP) is 3.55. The Bertz CT molecular complexity index is 648. The van der Waals surface area contributed by atoms with Crippen molar-refractivity contribution in [2.45, 2.75) is 76.2 Å². The van der Waals surface area contributed by atoms with Crippen LogP contribution in [0.3, 0.4) is 0 Å². The molecular weight excluding hydrogens is 347 g/mol. The molecule has 2 N–H and O–H groups in total. The first-order valence-electron chi connectivity index (χ1n) is 9.87. The lowest BCUT2D eigenvalue weighted by molar-refractivity contribution is -0.0224. The van der Waals surface area contributed by atoms with E-state index in [2.05, 4.69) is 10.2 Å². The number of halogens is 1. The largest absolute Gasteiger partial charge is 0.444 e. The third kappa shape index (κ3) is 5.20. The fourth-order valence-electron chi connectivity index (χ4n) is 4.21. The second-order valence-electron chi connectivity index (χ2n) is 8.90. The highest BCUT2D eigenvalue weighted by atomic mass is 19.1. The van der Waals surface area contributed by atoms with Crippen LogP contribution in [0.4, 0.5) is 9.18 Å². The molecule has 1 aliphatic heterocycles. The maximum absolute atomic E-state index is 13.1. The molecule has 0 aromatic heterocycles. The summed E-state index contributed by atoms with van der Waals surface area (Å²) in [4.78, 5) is 14.4. The highest BCUT2D eigenvalue weighted by molar-refractivity contribution is 5.68. The van der Waals surface area contributed by atoms with Gasteiger partial charge in [0.25, 0.3) is 0 Å². The van der Waals surface area contributed by atoms with Gasteiger partial charge in [-0.1, -0.05) is 12.1 Å². The van der Waals surface area contributed by atoms with E-state index in [9.17, 15) is 14.3 Å². The van der Waals surface area contributed by atoms with Crippen molar-refractivity contribution in [1.82, 2.24) is 10.2 Å². The number of hydrogen-bond acceptors (Lipinski definition) is 4. The van der Waals surface area contributed by atoms with Crippen LogP contribution in [0, 0.1) is 5.82 Å². The van der Waals surface area contributed by atoms with Crippen LogP contribution in [0.25, 0.3) is 0 Å². The first-order chi connectivity index (χ1) is 12.6. The number of aliphatic hydroxyl groups is 1. The number of hydrogen-bond donors (Lipinski definition) is 2. The molecule has 1 aromatic carbocycles. The van der Waals surface area contributed by atoms with Gasteiger partial charge in [0.2, 0.25) is 0 Å². The standard InChI is InChI=1S/C21H31FN2O3/c1-20(2,3)27-19(25)23-17-10-13-24(14-17)18-8-11-21(26,12-9-18)15-4-6-16(22)7-5-15/h4-7,17-18,26H,8-14H2,1-3H3,(H,23,25). The van der Waals surface area contributed by atoms with Crippen LogP contribution in [0.2, 0.25) is 0 Å². The molecule has 0 radical (unpaired) electrons. The van der Waals surface area contributed by atoms with Crippen molar-refractivity contribution < 1.29 is 19.0 Å². The van der Waals surface area contributed by atoms with Gasteiger partial charge in [0.05, 0.1) is 5.60 Å². The fourth-order valence-corrected chi connectivity index (χ4v) is 4.21. The van der Waals surface area contributed by atoms with E-state index in [-0.39, 0.29) is 18.0 Å². The zero-order valence-corrected chi connectivity index (χ0v) is 16.5. The molecule has 1 atom stereocenters. The zero-order valence-electron chi connectivity index (χ0n) is 16.5. The number of benzene rings is 1. The topological polar surface area (TPSA) is 61.8 Å². The molecule has 0 spiro atoms. The Balaban J connectivity index is 1.49. The number of nitrogens with zero attached hydrogens (tertiary/aromatic N) is 1. The zero-order chi connectivity index (χ0) is 19.7. The molecule has 27 heavy (non-hydrogen) atoms. The Morgan fingerprint density at radius 2 is 1.85 bits per heavy atom. The van der Waals surface area contributed by atoms with Crippen molar-refractivity contribution in [3.05, 3.63) is 35.6 Å². The second kappa shape index (κ2) is 7.76. The molecule has 150 valence electrons. The predicted molar refractivity (Wildman–Crippen MR) is 102 cm³/mol. The van der Waals surface area contributed by atoms with Gasteiger partial charge in [0.1, 0.15) is 11.4 Å². The maximum atomic E-state index is 13.1. The van der Waals surface area contributed by atoms with Crippen molar-refractivity contribution in [3.63, 3.8) is 0 Å². The van der Waals surface area contributed by atoms with Crippen LogP contribution in [0.1, 0.15) is 58.4 Å². The van der Waals surface area contributed by atoms with Crippen molar-refractivity contribution >= 4 is 6.09 Å². The van der Waals surface area contributed by atoms with E-state index in [4.69, 9.17) is 4.74 Å². The highest BCUT2D eigenvalue weighted by Gasteiger charge is 2.38. The van der Waals surface area contributed by atoms with E-state index in [1.54, 1.807) is 12.1 Å². The van der Waals surface area contributed by atoms with Gasteiger partial charge in [0, 0.05) is 25.2 Å². The summed E-state index contributed by atoms with van der Waals surface area (Å²) in [6, 6.07) is 6.71. The maximum Gasteiger partial charge on any atom is 0.407 e. The molecule has 1 aromatic rings. The number of ether oxygens (including phenoxy) is 1. The van der Waals surface area contributed by atoms with Crippen molar-refractivity contribution in [2.75, 3.05) is 13.1 Å². The van der Waals surface area contributed by atoms with E-state index in [0.717, 1.165) is 37.9 Å². The molecule has 0 bridgehead atoms. The molecule has 1 saturated heterocycles. The Hall–Kier alpha value is -1.66. The van der Waals surface area contributed by atoms with Crippen LogP contribution in [-0.4, -0.2) is 46.9 Å². The van der Waals surface area contributed by atoms with Gasteiger partial charge in [-0.2, -0.15) is 0 Å². The van der Waals surface area contributed by atoms with Gasteiger partial charge < -0.3 is 15.2 Å². The normalized spacial score (nSPS) is 29.5. The summed E-state index contributed by atoms with van der Waals surface area (Å²) in [7, 11) is 0. The fraction of sp³-hybridized carbons (Fsp3) is 0.667. The SMILES string of the molecule is CC(C)(C)OC(=O)NC1CCN(C2CCC(O)(c3ccc(F)cc3)CC2)C1. The number of carbonyl (C=O) groups excluding carboxylic acids is 1. The van der Waals surface area contributed by atoms with Crippen LogP contribution in [-0.2, 0) is 10.3 Å². The Morgan fingerprint density at radius 1 is 1.22 bits per heavy atom. The smallest absolute Gasteiger partial charge is 0.407 e. The first kappa shape index (κ1) is 20.1. The third-order valence-corrected chi connectivity index (χ3v) is 5.62. The van der Waals surface area contributed by atoms with E-state index in [1.165, 1.54) is 12.1 Å². The third-order valence-electron chi connectivity index (χ3n) is 5.62. The van der Waals surface area contributed by atoms with E-state index < -0.39 is 11.2 Å². The van der Waals surface area contributed by atoms with Crippen molar-refractivity contribution in [2.24, 2.45) is 0 Å². The molecule has 5 nitrogen and oxygen atoms in total. The van der Waals surface area contributed by atoms with Gasteiger partial charge in [-0.05, 0) is 70.6 Å². The second-order valence-corrected chi connectivity index (χ2v) is 8.90. The minimum Gasteiger partial charge on any atom is -0.444 e. The van der Waals surface area contributed by atoms with Crippen molar-refractivity contribution in [3.8, 4) is 0 Å². The molecule has 1 amide bonds. The summed E-state index contributed by atoms with van der Waals surface area (Å²) in [6.07, 6.45) is 3.69. The number of nitrogens with one attached hydrogen (secondary N) is 1. The molecule has 1 heterocycles. The minimum absolute atomic E-state index is 0.109.